The van der Waals surface area contributed by atoms with Crippen molar-refractivity contribution in [1.29, 1.82) is 0 Å². The van der Waals surface area contributed by atoms with Crippen molar-refractivity contribution in [3.05, 3.63) is 35.9 Å². The van der Waals surface area contributed by atoms with E-state index in [9.17, 15) is 0 Å². The third-order valence-electron chi connectivity index (χ3n) is 4.94. The first-order valence-electron chi connectivity index (χ1n) is 7.62. The van der Waals surface area contributed by atoms with Gasteiger partial charge in [0.25, 0.3) is 0 Å². The topological polar surface area (TPSA) is 3.24 Å². The van der Waals surface area contributed by atoms with Crippen LogP contribution < -0.4 is 0 Å². The highest BCUT2D eigenvalue weighted by atomic mass is 15.2. The second-order valence-electron chi connectivity index (χ2n) is 6.30. The standard InChI is InChI=1S/C17H25N/c1-14-11-12-18(13-14)17-9-7-16(8-10-17)15-5-3-2-4-6-15/h2-6,14,16-17H,7-13H2,1H3/t14-,16?,17?/m1/s1. The number of likely N-dealkylation sites (tertiary alicyclic amines) is 1. The summed E-state index contributed by atoms with van der Waals surface area (Å²) in [6.45, 7) is 5.10. The van der Waals surface area contributed by atoms with Gasteiger partial charge >= 0.3 is 0 Å². The summed E-state index contributed by atoms with van der Waals surface area (Å²) >= 11 is 0. The molecule has 18 heavy (non-hydrogen) atoms. The summed E-state index contributed by atoms with van der Waals surface area (Å²) in [7, 11) is 0. The number of rotatable bonds is 2. The summed E-state index contributed by atoms with van der Waals surface area (Å²) in [6, 6.07) is 12.0. The quantitative estimate of drug-likeness (QED) is 0.757. The fourth-order valence-electron chi connectivity index (χ4n) is 3.80. The molecule has 0 radical (unpaired) electrons. The van der Waals surface area contributed by atoms with E-state index in [0.29, 0.717) is 0 Å². The molecule has 1 nitrogen and oxygen atoms in total. The maximum atomic E-state index is 2.76. The Kier molecular flexibility index (Phi) is 3.69. The Morgan fingerprint density at radius 3 is 2.28 bits per heavy atom. The van der Waals surface area contributed by atoms with Crippen LogP contribution in [0.5, 0.6) is 0 Å². The first-order chi connectivity index (χ1) is 8.83. The van der Waals surface area contributed by atoms with Crippen molar-refractivity contribution >= 4 is 0 Å². The Hall–Kier alpha value is -0.820. The Balaban J connectivity index is 1.55. The van der Waals surface area contributed by atoms with Crippen LogP contribution in [-0.2, 0) is 0 Å². The van der Waals surface area contributed by atoms with Crippen LogP contribution in [0.15, 0.2) is 30.3 Å². The smallest absolute Gasteiger partial charge is 0.00958 e. The molecule has 0 bridgehead atoms. The summed E-state index contributed by atoms with van der Waals surface area (Å²) in [4.78, 5) is 2.76. The van der Waals surface area contributed by atoms with Gasteiger partial charge in [-0.05, 0) is 56.0 Å². The minimum atomic E-state index is 0.822. The molecule has 0 amide bonds. The third kappa shape index (κ3) is 2.61. The molecule has 2 aliphatic rings. The average Bonchev–Trinajstić information content (AvgIpc) is 2.87. The van der Waals surface area contributed by atoms with Crippen LogP contribution in [0.2, 0.25) is 0 Å². The number of benzene rings is 1. The maximum absolute atomic E-state index is 2.76. The van der Waals surface area contributed by atoms with Crippen molar-refractivity contribution in [1.82, 2.24) is 4.90 Å². The Bertz CT molecular complexity index is 364. The molecule has 0 unspecified atom stereocenters. The highest BCUT2D eigenvalue weighted by molar-refractivity contribution is 5.20. The van der Waals surface area contributed by atoms with E-state index in [0.717, 1.165) is 17.9 Å². The summed E-state index contributed by atoms with van der Waals surface area (Å²) in [5.41, 5.74) is 1.56. The van der Waals surface area contributed by atoms with Gasteiger partial charge in [-0.1, -0.05) is 37.3 Å². The van der Waals surface area contributed by atoms with Gasteiger partial charge in [0.1, 0.15) is 0 Å². The second kappa shape index (κ2) is 5.44. The minimum Gasteiger partial charge on any atom is -0.300 e. The number of hydrogen-bond acceptors (Lipinski definition) is 1. The van der Waals surface area contributed by atoms with Gasteiger partial charge < -0.3 is 4.90 Å². The van der Waals surface area contributed by atoms with Crippen LogP contribution in [0.25, 0.3) is 0 Å². The van der Waals surface area contributed by atoms with E-state index < -0.39 is 0 Å². The fraction of sp³-hybridized carbons (Fsp3) is 0.647. The monoisotopic (exact) mass is 243 g/mol. The zero-order valence-electron chi connectivity index (χ0n) is 11.5. The average molecular weight is 243 g/mol. The van der Waals surface area contributed by atoms with Crippen molar-refractivity contribution in [2.75, 3.05) is 13.1 Å². The second-order valence-corrected chi connectivity index (χ2v) is 6.30. The van der Waals surface area contributed by atoms with E-state index in [-0.39, 0.29) is 0 Å². The highest BCUT2D eigenvalue weighted by Gasteiger charge is 2.29. The summed E-state index contributed by atoms with van der Waals surface area (Å²) in [5.74, 6) is 1.75. The number of hydrogen-bond donors (Lipinski definition) is 0. The summed E-state index contributed by atoms with van der Waals surface area (Å²) in [6.07, 6.45) is 7.01. The third-order valence-corrected chi connectivity index (χ3v) is 4.94. The minimum absolute atomic E-state index is 0.822. The molecule has 0 spiro atoms. The molecule has 1 heteroatoms. The maximum Gasteiger partial charge on any atom is 0.00958 e. The molecule has 2 fully saturated rings. The fourth-order valence-corrected chi connectivity index (χ4v) is 3.80. The lowest BCUT2D eigenvalue weighted by Crippen LogP contribution is -2.36. The van der Waals surface area contributed by atoms with Crippen LogP contribution in [0.4, 0.5) is 0 Å². The van der Waals surface area contributed by atoms with Crippen molar-refractivity contribution in [2.45, 2.75) is 51.0 Å². The molecule has 1 aliphatic carbocycles. The van der Waals surface area contributed by atoms with E-state index >= 15 is 0 Å². The van der Waals surface area contributed by atoms with Crippen molar-refractivity contribution in [3.63, 3.8) is 0 Å². The number of nitrogens with zero attached hydrogens (tertiary/aromatic N) is 1. The molecule has 1 atom stereocenters. The van der Waals surface area contributed by atoms with E-state index in [4.69, 9.17) is 0 Å². The molecule has 1 aliphatic heterocycles. The predicted molar refractivity (Wildman–Crippen MR) is 76.8 cm³/mol. The van der Waals surface area contributed by atoms with Gasteiger partial charge in [-0.3, -0.25) is 0 Å². The molecule has 3 rings (SSSR count). The molecular weight excluding hydrogens is 218 g/mol. The SMILES string of the molecule is C[C@@H]1CCN(C2CCC(c3ccccc3)CC2)C1. The molecule has 1 saturated carbocycles. The van der Waals surface area contributed by atoms with Crippen LogP contribution in [0.3, 0.4) is 0 Å². The molecule has 98 valence electrons. The van der Waals surface area contributed by atoms with Crippen LogP contribution in [0.1, 0.15) is 50.5 Å². The van der Waals surface area contributed by atoms with E-state index in [1.807, 2.05) is 0 Å². The van der Waals surface area contributed by atoms with Gasteiger partial charge in [0, 0.05) is 12.6 Å². The van der Waals surface area contributed by atoms with Crippen LogP contribution >= 0.6 is 0 Å². The van der Waals surface area contributed by atoms with E-state index in [2.05, 4.69) is 42.2 Å². The molecular formula is C17H25N. The van der Waals surface area contributed by atoms with E-state index in [1.165, 1.54) is 45.2 Å². The Morgan fingerprint density at radius 2 is 1.67 bits per heavy atom. The zero-order valence-corrected chi connectivity index (χ0v) is 11.5. The van der Waals surface area contributed by atoms with Gasteiger partial charge in [-0.2, -0.15) is 0 Å². The van der Waals surface area contributed by atoms with Gasteiger partial charge in [-0.15, -0.1) is 0 Å². The van der Waals surface area contributed by atoms with Gasteiger partial charge in [0.2, 0.25) is 0 Å². The van der Waals surface area contributed by atoms with Crippen molar-refractivity contribution < 1.29 is 0 Å². The lowest BCUT2D eigenvalue weighted by molar-refractivity contribution is 0.177. The lowest BCUT2D eigenvalue weighted by atomic mass is 9.81. The van der Waals surface area contributed by atoms with Crippen molar-refractivity contribution in [3.8, 4) is 0 Å². The molecule has 1 aromatic rings. The molecule has 1 aromatic carbocycles. The Labute approximate surface area is 111 Å². The summed E-state index contributed by atoms with van der Waals surface area (Å²) < 4.78 is 0. The zero-order chi connectivity index (χ0) is 12.4. The first-order valence-corrected chi connectivity index (χ1v) is 7.62. The molecule has 0 aromatic heterocycles. The predicted octanol–water partition coefficient (Wildman–Crippen LogP) is 4.05. The van der Waals surface area contributed by atoms with Crippen molar-refractivity contribution in [2.24, 2.45) is 5.92 Å². The molecule has 1 saturated heterocycles. The normalized spacial score (nSPS) is 33.7. The van der Waals surface area contributed by atoms with Crippen LogP contribution in [0, 0.1) is 5.92 Å². The first kappa shape index (κ1) is 12.2. The Morgan fingerprint density at radius 1 is 0.944 bits per heavy atom. The van der Waals surface area contributed by atoms with Gasteiger partial charge in [0.15, 0.2) is 0 Å². The largest absolute Gasteiger partial charge is 0.300 e. The van der Waals surface area contributed by atoms with E-state index in [1.54, 1.807) is 5.56 Å². The molecule has 1 heterocycles. The summed E-state index contributed by atoms with van der Waals surface area (Å²) in [5, 5.41) is 0. The molecule has 0 N–H and O–H groups in total. The van der Waals surface area contributed by atoms with Gasteiger partial charge in [-0.25, -0.2) is 0 Å². The van der Waals surface area contributed by atoms with Gasteiger partial charge in [0.05, 0.1) is 0 Å². The van der Waals surface area contributed by atoms with Crippen LogP contribution in [-0.4, -0.2) is 24.0 Å². The highest BCUT2D eigenvalue weighted by Crippen LogP contribution is 2.36. The lowest BCUT2D eigenvalue weighted by Gasteiger charge is -2.34.